The molecule has 1 aromatic carbocycles. The van der Waals surface area contributed by atoms with E-state index in [2.05, 4.69) is 13.8 Å². The summed E-state index contributed by atoms with van der Waals surface area (Å²) in [6, 6.07) is 9.29. The number of piperidine rings is 1. The van der Waals surface area contributed by atoms with Crippen LogP contribution in [0, 0.1) is 0 Å². The number of hydrogen-bond acceptors (Lipinski definition) is 3. The van der Waals surface area contributed by atoms with Crippen LogP contribution in [0.5, 0.6) is 5.75 Å². The second kappa shape index (κ2) is 6.49. The third-order valence-electron chi connectivity index (χ3n) is 4.66. The Morgan fingerprint density at radius 2 is 1.83 bits per heavy atom. The number of carbonyl (C=O) groups excluding carboxylic acids is 1. The fourth-order valence-electron chi connectivity index (χ4n) is 3.25. The first kappa shape index (κ1) is 15.7. The predicted molar refractivity (Wildman–Crippen MR) is 88.8 cm³/mol. The molecule has 1 N–H and O–H groups in total. The number of phenols is 1. The number of carbonyl (C=O) groups is 1. The quantitative estimate of drug-likeness (QED) is 0.927. The van der Waals surface area contributed by atoms with E-state index < -0.39 is 0 Å². The summed E-state index contributed by atoms with van der Waals surface area (Å²) in [5.41, 5.74) is 2.21. The lowest BCUT2D eigenvalue weighted by Gasteiger charge is -2.32. The number of phenolic OH excluding ortho intramolecular Hbond substituents is 1. The van der Waals surface area contributed by atoms with Crippen LogP contribution in [0.4, 0.5) is 0 Å². The molecular formula is C19H23NO3. The minimum absolute atomic E-state index is 0.00264. The van der Waals surface area contributed by atoms with Crippen LogP contribution < -0.4 is 0 Å². The van der Waals surface area contributed by atoms with Gasteiger partial charge >= 0.3 is 0 Å². The first-order chi connectivity index (χ1) is 11.1. The molecule has 0 saturated carbocycles. The molecule has 122 valence electrons. The summed E-state index contributed by atoms with van der Waals surface area (Å²) in [5.74, 6) is 1.51. The highest BCUT2D eigenvalue weighted by Crippen LogP contribution is 2.30. The fourth-order valence-corrected chi connectivity index (χ4v) is 3.25. The van der Waals surface area contributed by atoms with Gasteiger partial charge in [-0.25, -0.2) is 0 Å². The van der Waals surface area contributed by atoms with E-state index >= 15 is 0 Å². The maximum Gasteiger partial charge on any atom is 0.289 e. The smallest absolute Gasteiger partial charge is 0.289 e. The van der Waals surface area contributed by atoms with Crippen LogP contribution in [0.3, 0.4) is 0 Å². The maximum atomic E-state index is 12.7. The zero-order chi connectivity index (χ0) is 16.4. The number of aromatic hydroxyl groups is 1. The molecule has 0 radical (unpaired) electrons. The number of benzene rings is 1. The molecular weight excluding hydrogens is 290 g/mol. The van der Waals surface area contributed by atoms with Crippen LogP contribution >= 0.6 is 0 Å². The molecule has 4 nitrogen and oxygen atoms in total. The second-order valence-corrected chi connectivity index (χ2v) is 6.52. The van der Waals surface area contributed by atoms with E-state index in [9.17, 15) is 9.90 Å². The van der Waals surface area contributed by atoms with Crippen molar-refractivity contribution < 1.29 is 14.3 Å². The summed E-state index contributed by atoms with van der Waals surface area (Å²) in [4.78, 5) is 14.6. The van der Waals surface area contributed by atoms with Crippen LogP contribution in [0.1, 0.15) is 60.2 Å². The Balaban J connectivity index is 1.65. The summed E-state index contributed by atoms with van der Waals surface area (Å²) in [6.07, 6.45) is 3.48. The first-order valence-electron chi connectivity index (χ1n) is 8.22. The molecule has 0 aliphatic carbocycles. The van der Waals surface area contributed by atoms with Gasteiger partial charge in [-0.15, -0.1) is 0 Å². The highest BCUT2D eigenvalue weighted by atomic mass is 16.3. The molecule has 4 heteroatoms. The van der Waals surface area contributed by atoms with Gasteiger partial charge in [0, 0.05) is 18.7 Å². The van der Waals surface area contributed by atoms with Gasteiger partial charge in [0.05, 0.1) is 6.26 Å². The Morgan fingerprint density at radius 3 is 2.43 bits per heavy atom. The third-order valence-corrected chi connectivity index (χ3v) is 4.66. The minimum Gasteiger partial charge on any atom is -0.508 e. The standard InChI is InChI=1S/C19H23NO3/c1-13(2)17-9-12-23-18(17)19(22)20-10-7-15(8-11-20)14-3-5-16(21)6-4-14/h3-6,9,12-13,15,21H,7-8,10-11H2,1-2H3. The Hall–Kier alpha value is -2.23. The van der Waals surface area contributed by atoms with E-state index in [1.165, 1.54) is 5.56 Å². The topological polar surface area (TPSA) is 53.7 Å². The highest BCUT2D eigenvalue weighted by molar-refractivity contribution is 5.93. The van der Waals surface area contributed by atoms with Gasteiger partial charge in [-0.1, -0.05) is 26.0 Å². The van der Waals surface area contributed by atoms with Crippen molar-refractivity contribution in [2.24, 2.45) is 0 Å². The normalized spacial score (nSPS) is 16.0. The van der Waals surface area contributed by atoms with E-state index in [4.69, 9.17) is 4.42 Å². The average Bonchev–Trinajstić information content (AvgIpc) is 3.05. The molecule has 23 heavy (non-hydrogen) atoms. The average molecular weight is 313 g/mol. The summed E-state index contributed by atoms with van der Waals surface area (Å²) >= 11 is 0. The van der Waals surface area contributed by atoms with Crippen LogP contribution in [0.15, 0.2) is 41.0 Å². The Bertz CT molecular complexity index is 664. The first-order valence-corrected chi connectivity index (χ1v) is 8.22. The molecule has 0 spiro atoms. The lowest BCUT2D eigenvalue weighted by Crippen LogP contribution is -2.38. The van der Waals surface area contributed by atoms with Gasteiger partial charge in [0.2, 0.25) is 0 Å². The number of furan rings is 1. The highest BCUT2D eigenvalue weighted by Gasteiger charge is 2.28. The molecule has 0 bridgehead atoms. The van der Waals surface area contributed by atoms with Crippen LogP contribution in [-0.2, 0) is 0 Å². The molecule has 1 aliphatic rings. The molecule has 1 aromatic heterocycles. The van der Waals surface area contributed by atoms with Crippen molar-refractivity contribution in [3.05, 3.63) is 53.5 Å². The van der Waals surface area contributed by atoms with Gasteiger partial charge in [-0.05, 0) is 48.4 Å². The summed E-state index contributed by atoms with van der Waals surface area (Å²) in [7, 11) is 0. The van der Waals surface area contributed by atoms with Crippen molar-refractivity contribution in [1.82, 2.24) is 4.90 Å². The van der Waals surface area contributed by atoms with Crippen molar-refractivity contribution in [1.29, 1.82) is 0 Å². The van der Waals surface area contributed by atoms with Crippen molar-refractivity contribution in [2.75, 3.05) is 13.1 Å². The summed E-state index contributed by atoms with van der Waals surface area (Å²) in [5, 5.41) is 9.38. The van der Waals surface area contributed by atoms with Gasteiger partial charge in [-0.2, -0.15) is 0 Å². The molecule has 0 atom stereocenters. The molecule has 1 amide bonds. The number of nitrogens with zero attached hydrogens (tertiary/aromatic N) is 1. The van der Waals surface area contributed by atoms with Crippen molar-refractivity contribution >= 4 is 5.91 Å². The van der Waals surface area contributed by atoms with E-state index in [0.717, 1.165) is 31.5 Å². The largest absolute Gasteiger partial charge is 0.508 e. The molecule has 3 rings (SSSR count). The lowest BCUT2D eigenvalue weighted by molar-refractivity contribution is 0.0678. The van der Waals surface area contributed by atoms with Gasteiger partial charge in [0.1, 0.15) is 5.75 Å². The molecule has 0 unspecified atom stereocenters. The van der Waals surface area contributed by atoms with Crippen LogP contribution in [0.2, 0.25) is 0 Å². The monoisotopic (exact) mass is 313 g/mol. The lowest BCUT2D eigenvalue weighted by atomic mass is 9.89. The van der Waals surface area contributed by atoms with Crippen molar-refractivity contribution in [3.63, 3.8) is 0 Å². The SMILES string of the molecule is CC(C)c1ccoc1C(=O)N1CCC(c2ccc(O)cc2)CC1. The Labute approximate surface area is 136 Å². The van der Waals surface area contributed by atoms with Crippen LogP contribution in [-0.4, -0.2) is 29.0 Å². The Morgan fingerprint density at radius 1 is 1.17 bits per heavy atom. The molecule has 1 fully saturated rings. The van der Waals surface area contributed by atoms with Gasteiger partial charge < -0.3 is 14.4 Å². The van der Waals surface area contributed by atoms with Gasteiger partial charge in [-0.3, -0.25) is 4.79 Å². The number of rotatable bonds is 3. The van der Waals surface area contributed by atoms with E-state index in [0.29, 0.717) is 17.4 Å². The fraction of sp³-hybridized carbons (Fsp3) is 0.421. The number of amides is 1. The number of likely N-dealkylation sites (tertiary alicyclic amines) is 1. The zero-order valence-corrected chi connectivity index (χ0v) is 13.7. The number of hydrogen-bond donors (Lipinski definition) is 1. The van der Waals surface area contributed by atoms with Crippen molar-refractivity contribution in [2.45, 2.75) is 38.5 Å². The molecule has 2 heterocycles. The third kappa shape index (κ3) is 3.26. The maximum absolute atomic E-state index is 12.7. The molecule has 2 aromatic rings. The van der Waals surface area contributed by atoms with Gasteiger partial charge in [0.25, 0.3) is 5.91 Å². The molecule has 1 saturated heterocycles. The minimum atomic E-state index is 0.00264. The van der Waals surface area contributed by atoms with Crippen molar-refractivity contribution in [3.8, 4) is 5.75 Å². The predicted octanol–water partition coefficient (Wildman–Crippen LogP) is 4.13. The zero-order valence-electron chi connectivity index (χ0n) is 13.7. The van der Waals surface area contributed by atoms with Gasteiger partial charge in [0.15, 0.2) is 5.76 Å². The van der Waals surface area contributed by atoms with E-state index in [1.54, 1.807) is 18.4 Å². The summed E-state index contributed by atoms with van der Waals surface area (Å²) in [6.45, 7) is 5.61. The second-order valence-electron chi connectivity index (χ2n) is 6.52. The Kier molecular flexibility index (Phi) is 4.42. The summed E-state index contributed by atoms with van der Waals surface area (Å²) < 4.78 is 5.45. The molecule has 1 aliphatic heterocycles. The van der Waals surface area contributed by atoms with E-state index in [1.807, 2.05) is 23.1 Å². The van der Waals surface area contributed by atoms with E-state index in [-0.39, 0.29) is 11.8 Å². The van der Waals surface area contributed by atoms with Crippen LogP contribution in [0.25, 0.3) is 0 Å².